The van der Waals surface area contributed by atoms with Gasteiger partial charge in [-0.15, -0.1) is 0 Å². The molecule has 0 saturated carbocycles. The van der Waals surface area contributed by atoms with Crippen molar-refractivity contribution < 1.29 is 0 Å². The topological polar surface area (TPSA) is 70.9 Å². The van der Waals surface area contributed by atoms with Gasteiger partial charge in [-0.25, -0.2) is 4.68 Å². The number of hydrogen-bond acceptors (Lipinski definition) is 4. The maximum Gasteiger partial charge on any atom is 0.170 e. The fourth-order valence-electron chi connectivity index (χ4n) is 1.70. The van der Waals surface area contributed by atoms with E-state index in [9.17, 15) is 0 Å². The summed E-state index contributed by atoms with van der Waals surface area (Å²) in [6, 6.07) is 2.14. The molecule has 5 nitrogen and oxygen atoms in total. The van der Waals surface area contributed by atoms with Crippen LogP contribution in [0.25, 0.3) is 0 Å². The lowest BCUT2D eigenvalue weighted by atomic mass is 10.3. The van der Waals surface area contributed by atoms with Gasteiger partial charge in [0.15, 0.2) is 5.82 Å². The first-order valence-electron chi connectivity index (χ1n) is 5.70. The van der Waals surface area contributed by atoms with Crippen molar-refractivity contribution >= 4 is 11.6 Å². The van der Waals surface area contributed by atoms with Crippen molar-refractivity contribution in [3.05, 3.63) is 5.56 Å². The molecule has 0 aliphatic carbocycles. The largest absolute Gasteiger partial charge is 0.383 e. The van der Waals surface area contributed by atoms with E-state index in [1.807, 2.05) is 18.7 Å². The molecular weight excluding hydrogens is 202 g/mol. The average molecular weight is 221 g/mol. The second kappa shape index (κ2) is 5.40. The minimum Gasteiger partial charge on any atom is -0.383 e. The lowest BCUT2D eigenvalue weighted by Gasteiger charge is -2.17. The van der Waals surface area contributed by atoms with Gasteiger partial charge in [0.05, 0.1) is 0 Å². The molecule has 1 heterocycles. The minimum absolute atomic E-state index is 0.478. The molecule has 0 aromatic carbocycles. The zero-order valence-electron chi connectivity index (χ0n) is 10.2. The summed E-state index contributed by atoms with van der Waals surface area (Å²) in [7, 11) is 0. The van der Waals surface area contributed by atoms with Crippen LogP contribution in [0.15, 0.2) is 0 Å². The Bertz CT molecular complexity index is 384. The van der Waals surface area contributed by atoms with Gasteiger partial charge < -0.3 is 10.6 Å². The van der Waals surface area contributed by atoms with E-state index in [0.29, 0.717) is 17.2 Å². The Morgan fingerprint density at radius 2 is 2.00 bits per heavy atom. The van der Waals surface area contributed by atoms with E-state index in [1.165, 1.54) is 0 Å². The van der Waals surface area contributed by atoms with Crippen LogP contribution in [0.5, 0.6) is 0 Å². The SMILES string of the molecule is CCCn1nc(N(CC)CC)c(C#N)c1N. The minimum atomic E-state index is 0.478. The summed E-state index contributed by atoms with van der Waals surface area (Å²) in [6.07, 6.45) is 0.953. The number of nitriles is 1. The van der Waals surface area contributed by atoms with E-state index in [1.54, 1.807) is 4.68 Å². The molecule has 0 atom stereocenters. The third kappa shape index (κ3) is 2.11. The van der Waals surface area contributed by atoms with Gasteiger partial charge in [-0.1, -0.05) is 6.92 Å². The summed E-state index contributed by atoms with van der Waals surface area (Å²) in [5.41, 5.74) is 6.40. The Hall–Kier alpha value is -1.70. The lowest BCUT2D eigenvalue weighted by Crippen LogP contribution is -2.23. The third-order valence-electron chi connectivity index (χ3n) is 2.58. The molecule has 0 amide bonds. The van der Waals surface area contributed by atoms with E-state index in [0.717, 1.165) is 26.1 Å². The van der Waals surface area contributed by atoms with Gasteiger partial charge in [0, 0.05) is 19.6 Å². The molecule has 1 aromatic rings. The number of nitrogens with zero attached hydrogens (tertiary/aromatic N) is 4. The van der Waals surface area contributed by atoms with E-state index in [4.69, 9.17) is 11.0 Å². The predicted octanol–water partition coefficient (Wildman–Crippen LogP) is 1.59. The molecule has 2 N–H and O–H groups in total. The second-order valence-electron chi connectivity index (χ2n) is 3.59. The van der Waals surface area contributed by atoms with Crippen LogP contribution in [-0.2, 0) is 6.54 Å². The van der Waals surface area contributed by atoms with Crippen molar-refractivity contribution in [3.8, 4) is 6.07 Å². The van der Waals surface area contributed by atoms with Gasteiger partial charge in [-0.2, -0.15) is 10.4 Å². The molecule has 88 valence electrons. The molecular formula is C11H19N5. The molecule has 0 saturated heterocycles. The Balaban J connectivity index is 3.18. The van der Waals surface area contributed by atoms with Crippen molar-refractivity contribution in [1.82, 2.24) is 9.78 Å². The quantitative estimate of drug-likeness (QED) is 0.819. The zero-order chi connectivity index (χ0) is 12.1. The molecule has 0 aliphatic rings. The van der Waals surface area contributed by atoms with Crippen LogP contribution in [0.4, 0.5) is 11.6 Å². The summed E-state index contributed by atoms with van der Waals surface area (Å²) < 4.78 is 1.71. The number of rotatable bonds is 5. The molecule has 16 heavy (non-hydrogen) atoms. The van der Waals surface area contributed by atoms with Crippen LogP contribution in [0, 0.1) is 11.3 Å². The van der Waals surface area contributed by atoms with Crippen molar-refractivity contribution in [2.45, 2.75) is 33.7 Å². The van der Waals surface area contributed by atoms with Gasteiger partial charge in [0.1, 0.15) is 17.5 Å². The van der Waals surface area contributed by atoms with Gasteiger partial charge >= 0.3 is 0 Å². The van der Waals surface area contributed by atoms with Crippen LogP contribution in [-0.4, -0.2) is 22.9 Å². The fourth-order valence-corrected chi connectivity index (χ4v) is 1.70. The molecule has 0 bridgehead atoms. The van der Waals surface area contributed by atoms with Gasteiger partial charge in [-0.3, -0.25) is 0 Å². The smallest absolute Gasteiger partial charge is 0.170 e. The molecule has 5 heteroatoms. The van der Waals surface area contributed by atoms with E-state index >= 15 is 0 Å². The maximum atomic E-state index is 9.11. The van der Waals surface area contributed by atoms with Crippen molar-refractivity contribution in [3.63, 3.8) is 0 Å². The van der Waals surface area contributed by atoms with Crippen LogP contribution < -0.4 is 10.6 Å². The van der Waals surface area contributed by atoms with E-state index < -0.39 is 0 Å². The average Bonchev–Trinajstić information content (AvgIpc) is 2.59. The first-order chi connectivity index (χ1) is 7.69. The predicted molar refractivity (Wildman–Crippen MR) is 65.2 cm³/mol. The molecule has 0 spiro atoms. The molecule has 1 rings (SSSR count). The summed E-state index contributed by atoms with van der Waals surface area (Å²) in [6.45, 7) is 8.55. The van der Waals surface area contributed by atoms with Gasteiger partial charge in [0.2, 0.25) is 0 Å². The van der Waals surface area contributed by atoms with Gasteiger partial charge in [0.25, 0.3) is 0 Å². The first-order valence-corrected chi connectivity index (χ1v) is 5.70. The monoisotopic (exact) mass is 221 g/mol. The second-order valence-corrected chi connectivity index (χ2v) is 3.59. The molecule has 0 fully saturated rings. The van der Waals surface area contributed by atoms with Crippen LogP contribution in [0.1, 0.15) is 32.8 Å². The van der Waals surface area contributed by atoms with E-state index in [2.05, 4.69) is 18.1 Å². The number of aryl methyl sites for hydroxylation is 1. The number of nitrogen functional groups attached to an aromatic ring is 1. The standard InChI is InChI=1S/C11H19N5/c1-4-7-16-10(13)9(8-12)11(14-16)15(5-2)6-3/h4-7,13H2,1-3H3. The van der Waals surface area contributed by atoms with Crippen LogP contribution >= 0.6 is 0 Å². The number of nitrogens with two attached hydrogens (primary N) is 1. The van der Waals surface area contributed by atoms with Crippen LogP contribution in [0.3, 0.4) is 0 Å². The van der Waals surface area contributed by atoms with Crippen molar-refractivity contribution in [1.29, 1.82) is 5.26 Å². The zero-order valence-corrected chi connectivity index (χ0v) is 10.2. The number of aromatic nitrogens is 2. The molecule has 1 aromatic heterocycles. The van der Waals surface area contributed by atoms with E-state index in [-0.39, 0.29) is 0 Å². The highest BCUT2D eigenvalue weighted by Crippen LogP contribution is 2.24. The fraction of sp³-hybridized carbons (Fsp3) is 0.636. The molecule has 0 aliphatic heterocycles. The maximum absolute atomic E-state index is 9.11. The highest BCUT2D eigenvalue weighted by molar-refractivity contribution is 5.64. The van der Waals surface area contributed by atoms with Gasteiger partial charge in [-0.05, 0) is 20.3 Å². The summed E-state index contributed by atoms with van der Waals surface area (Å²) in [5, 5.41) is 13.5. The molecule has 0 radical (unpaired) electrons. The normalized spacial score (nSPS) is 10.1. The summed E-state index contributed by atoms with van der Waals surface area (Å²) in [4.78, 5) is 2.04. The van der Waals surface area contributed by atoms with Crippen molar-refractivity contribution in [2.75, 3.05) is 23.7 Å². The third-order valence-corrected chi connectivity index (χ3v) is 2.58. The summed E-state index contributed by atoms with van der Waals surface area (Å²) in [5.74, 6) is 1.18. The molecule has 0 unspecified atom stereocenters. The van der Waals surface area contributed by atoms with Crippen LogP contribution in [0.2, 0.25) is 0 Å². The Morgan fingerprint density at radius 3 is 2.44 bits per heavy atom. The lowest BCUT2D eigenvalue weighted by molar-refractivity contribution is 0.607. The highest BCUT2D eigenvalue weighted by Gasteiger charge is 2.18. The Morgan fingerprint density at radius 1 is 1.38 bits per heavy atom. The highest BCUT2D eigenvalue weighted by atomic mass is 15.4. The number of anilines is 2. The summed E-state index contributed by atoms with van der Waals surface area (Å²) >= 11 is 0. The Kier molecular flexibility index (Phi) is 4.18. The number of hydrogen-bond donors (Lipinski definition) is 1. The first kappa shape index (κ1) is 12.4. The Labute approximate surface area is 96.5 Å². The van der Waals surface area contributed by atoms with Crippen molar-refractivity contribution in [2.24, 2.45) is 0 Å².